The molecule has 0 aliphatic heterocycles. The topological polar surface area (TPSA) is 69.4 Å². The van der Waals surface area contributed by atoms with Crippen LogP contribution < -0.4 is 5.73 Å². The minimum Gasteiger partial charge on any atom is -0.449 e. The predicted octanol–water partition coefficient (Wildman–Crippen LogP) is 0.682. The Kier molecular flexibility index (Phi) is 4.85. The zero-order valence-electron chi connectivity index (χ0n) is 6.17. The van der Waals surface area contributed by atoms with Gasteiger partial charge in [-0.2, -0.15) is 0 Å². The third-order valence-corrected chi connectivity index (χ3v) is 1.71. The zero-order valence-corrected chi connectivity index (χ0v) is 7.76. The lowest BCUT2D eigenvalue weighted by Crippen LogP contribution is -2.22. The van der Waals surface area contributed by atoms with E-state index in [1.54, 1.807) is 6.92 Å². The first-order chi connectivity index (χ1) is 5.07. The number of nitrogens with two attached hydrogens (primary N) is 1. The molecule has 0 heterocycles. The number of ether oxygens (including phenoxy) is 1. The molecule has 4 nitrogen and oxygen atoms in total. The van der Waals surface area contributed by atoms with Crippen LogP contribution in [0.1, 0.15) is 6.92 Å². The summed E-state index contributed by atoms with van der Waals surface area (Å²) in [6, 6.07) is 0. The summed E-state index contributed by atoms with van der Waals surface area (Å²) in [7, 11) is 0. The highest BCUT2D eigenvalue weighted by molar-refractivity contribution is 9.09. The summed E-state index contributed by atoms with van der Waals surface area (Å²) in [4.78, 5) is 20.9. The number of rotatable bonds is 4. The quantitative estimate of drug-likeness (QED) is 0.714. The number of hydrogen-bond donors (Lipinski definition) is 1. The van der Waals surface area contributed by atoms with Gasteiger partial charge in [0, 0.05) is 0 Å². The number of carbonyl (C=O) groups is 2. The smallest absolute Gasteiger partial charge is 0.404 e. The second-order valence-electron chi connectivity index (χ2n) is 2.13. The minimum atomic E-state index is -0.848. The lowest BCUT2D eigenvalue weighted by atomic mass is 10.1. The van der Waals surface area contributed by atoms with E-state index in [0.717, 1.165) is 0 Å². The fraction of sp³-hybridized carbons (Fsp3) is 0.667. The van der Waals surface area contributed by atoms with E-state index in [0.29, 0.717) is 0 Å². The number of ketones is 1. The molecular weight excluding hydrogens is 214 g/mol. The van der Waals surface area contributed by atoms with E-state index in [2.05, 4.69) is 20.7 Å². The van der Waals surface area contributed by atoms with Crippen LogP contribution in [0.3, 0.4) is 0 Å². The molecular formula is C6H10BrNO3. The molecule has 0 rings (SSSR count). The molecule has 0 aliphatic carbocycles. The second kappa shape index (κ2) is 5.12. The Morgan fingerprint density at radius 2 is 2.18 bits per heavy atom. The number of carbonyl (C=O) groups excluding carboxylic acids is 2. The van der Waals surface area contributed by atoms with Gasteiger partial charge in [-0.25, -0.2) is 4.79 Å². The van der Waals surface area contributed by atoms with Gasteiger partial charge in [-0.15, -0.1) is 0 Å². The Bertz CT molecular complexity index is 160. The van der Waals surface area contributed by atoms with Crippen LogP contribution in [-0.4, -0.2) is 23.8 Å². The monoisotopic (exact) mass is 223 g/mol. The number of amides is 1. The van der Waals surface area contributed by atoms with Crippen LogP contribution in [0.4, 0.5) is 4.79 Å². The molecule has 0 bridgehead atoms. The van der Waals surface area contributed by atoms with Crippen molar-refractivity contribution in [1.82, 2.24) is 0 Å². The van der Waals surface area contributed by atoms with Crippen molar-refractivity contribution < 1.29 is 14.3 Å². The van der Waals surface area contributed by atoms with Crippen LogP contribution in [0.15, 0.2) is 0 Å². The average molecular weight is 224 g/mol. The van der Waals surface area contributed by atoms with Gasteiger partial charge in [0.2, 0.25) is 0 Å². The molecule has 1 atom stereocenters. The normalized spacial score (nSPS) is 12.2. The Hall–Kier alpha value is -0.580. The van der Waals surface area contributed by atoms with E-state index in [-0.39, 0.29) is 23.6 Å². The van der Waals surface area contributed by atoms with Crippen LogP contribution in [0.2, 0.25) is 0 Å². The van der Waals surface area contributed by atoms with Gasteiger partial charge in [0.25, 0.3) is 0 Å². The molecule has 11 heavy (non-hydrogen) atoms. The molecule has 0 saturated carbocycles. The molecule has 0 saturated heterocycles. The van der Waals surface area contributed by atoms with E-state index >= 15 is 0 Å². The predicted molar refractivity (Wildman–Crippen MR) is 43.5 cm³/mol. The first-order valence-corrected chi connectivity index (χ1v) is 4.21. The van der Waals surface area contributed by atoms with E-state index in [1.807, 2.05) is 0 Å². The van der Waals surface area contributed by atoms with Crippen molar-refractivity contribution in [1.29, 1.82) is 0 Å². The Morgan fingerprint density at radius 3 is 2.55 bits per heavy atom. The number of hydrogen-bond acceptors (Lipinski definition) is 3. The highest BCUT2D eigenvalue weighted by atomic mass is 79.9. The van der Waals surface area contributed by atoms with Crippen LogP contribution in [0.5, 0.6) is 0 Å². The van der Waals surface area contributed by atoms with Gasteiger partial charge in [-0.05, 0) is 0 Å². The number of primary amides is 1. The summed E-state index contributed by atoms with van der Waals surface area (Å²) in [6.07, 6.45) is -0.848. The maximum atomic E-state index is 10.8. The largest absolute Gasteiger partial charge is 0.449 e. The van der Waals surface area contributed by atoms with Gasteiger partial charge >= 0.3 is 6.09 Å². The fourth-order valence-corrected chi connectivity index (χ4v) is 0.984. The molecule has 2 N–H and O–H groups in total. The first-order valence-electron chi connectivity index (χ1n) is 3.08. The van der Waals surface area contributed by atoms with Crippen molar-refractivity contribution in [2.45, 2.75) is 6.92 Å². The van der Waals surface area contributed by atoms with E-state index in [9.17, 15) is 9.59 Å². The molecule has 1 amide bonds. The van der Waals surface area contributed by atoms with Crippen LogP contribution in [0.25, 0.3) is 0 Å². The van der Waals surface area contributed by atoms with E-state index in [4.69, 9.17) is 5.73 Å². The highest BCUT2D eigenvalue weighted by Crippen LogP contribution is 2.00. The lowest BCUT2D eigenvalue weighted by molar-refractivity contribution is -0.120. The Balaban J connectivity index is 3.60. The van der Waals surface area contributed by atoms with Crippen molar-refractivity contribution >= 4 is 27.8 Å². The third-order valence-electron chi connectivity index (χ3n) is 1.16. The number of Topliss-reactive ketones (excluding diaryl/α,β-unsaturated/α-hetero) is 1. The zero-order chi connectivity index (χ0) is 8.85. The third kappa shape index (κ3) is 4.78. The molecule has 5 heteroatoms. The van der Waals surface area contributed by atoms with E-state index in [1.165, 1.54) is 0 Å². The van der Waals surface area contributed by atoms with Crippen LogP contribution >= 0.6 is 15.9 Å². The Morgan fingerprint density at radius 1 is 1.64 bits per heavy atom. The maximum absolute atomic E-state index is 10.8. The van der Waals surface area contributed by atoms with Gasteiger partial charge < -0.3 is 10.5 Å². The van der Waals surface area contributed by atoms with Crippen molar-refractivity contribution in [3.8, 4) is 0 Å². The summed E-state index contributed by atoms with van der Waals surface area (Å²) in [5.41, 5.74) is 4.70. The highest BCUT2D eigenvalue weighted by Gasteiger charge is 2.12. The summed E-state index contributed by atoms with van der Waals surface area (Å²) in [5, 5.41) is 0.274. The van der Waals surface area contributed by atoms with Gasteiger partial charge in [0.15, 0.2) is 0 Å². The SMILES string of the molecule is CC(COC(N)=O)C(=O)CBr. The van der Waals surface area contributed by atoms with Crippen molar-refractivity contribution in [3.63, 3.8) is 0 Å². The van der Waals surface area contributed by atoms with Crippen molar-refractivity contribution in [3.05, 3.63) is 0 Å². The van der Waals surface area contributed by atoms with Gasteiger partial charge in [0.05, 0.1) is 11.2 Å². The standard InChI is InChI=1S/C6H10BrNO3/c1-4(5(9)2-7)3-11-6(8)10/h4H,2-3H2,1H3,(H2,8,10). The van der Waals surface area contributed by atoms with Crippen molar-refractivity contribution in [2.24, 2.45) is 11.7 Å². The molecule has 64 valence electrons. The Labute approximate surface area is 73.2 Å². The number of alkyl halides is 1. The summed E-state index contributed by atoms with van der Waals surface area (Å²) in [6.45, 7) is 1.73. The fourth-order valence-electron chi connectivity index (χ4n) is 0.432. The summed E-state index contributed by atoms with van der Waals surface area (Å²) >= 11 is 3.00. The molecule has 0 radical (unpaired) electrons. The summed E-state index contributed by atoms with van der Waals surface area (Å²) in [5.74, 6) is -0.298. The number of halogens is 1. The van der Waals surface area contributed by atoms with Gasteiger partial charge in [-0.1, -0.05) is 22.9 Å². The molecule has 0 aromatic rings. The minimum absolute atomic E-state index is 0.00810. The molecule has 1 unspecified atom stereocenters. The van der Waals surface area contributed by atoms with Crippen LogP contribution in [-0.2, 0) is 9.53 Å². The van der Waals surface area contributed by atoms with Crippen molar-refractivity contribution in [2.75, 3.05) is 11.9 Å². The average Bonchev–Trinajstić information content (AvgIpc) is 1.98. The van der Waals surface area contributed by atoms with Gasteiger partial charge in [-0.3, -0.25) is 4.79 Å². The molecule has 0 aromatic heterocycles. The second-order valence-corrected chi connectivity index (χ2v) is 2.69. The molecule has 0 spiro atoms. The van der Waals surface area contributed by atoms with E-state index < -0.39 is 6.09 Å². The molecule has 0 aromatic carbocycles. The molecule has 0 aliphatic rings. The van der Waals surface area contributed by atoms with Gasteiger partial charge in [0.1, 0.15) is 12.4 Å². The lowest BCUT2D eigenvalue weighted by Gasteiger charge is -2.06. The van der Waals surface area contributed by atoms with Crippen LogP contribution in [0, 0.1) is 5.92 Å². The maximum Gasteiger partial charge on any atom is 0.404 e. The summed E-state index contributed by atoms with van der Waals surface area (Å²) < 4.78 is 4.42. The molecule has 0 fully saturated rings. The first kappa shape index (κ1) is 10.4.